The van der Waals surface area contributed by atoms with Crippen LogP contribution in [0.2, 0.25) is 0 Å². The van der Waals surface area contributed by atoms with Gasteiger partial charge in [-0.2, -0.15) is 0 Å². The first-order valence-electron chi connectivity index (χ1n) is 44.2. The Morgan fingerprint density at radius 1 is 0.242 bits per heavy atom. The van der Waals surface area contributed by atoms with E-state index in [4.69, 9.17) is 28.7 Å². The van der Waals surface area contributed by atoms with Gasteiger partial charge in [0.25, 0.3) is 0 Å². The zero-order valence-corrected chi connectivity index (χ0v) is 74.4. The van der Waals surface area contributed by atoms with E-state index in [0.29, 0.717) is 85.0 Å². The van der Waals surface area contributed by atoms with Crippen LogP contribution >= 0.6 is 0 Å². The molecule has 12 amide bonds. The van der Waals surface area contributed by atoms with Gasteiger partial charge in [-0.1, -0.05) is 243 Å². The topological polar surface area (TPSA) is 383 Å². The van der Waals surface area contributed by atoms with Crippen LogP contribution in [-0.4, -0.2) is 256 Å². The summed E-state index contributed by atoms with van der Waals surface area (Å²) in [6.45, 7) is 0.823. The van der Waals surface area contributed by atoms with E-state index in [9.17, 15) is 14.4 Å². The summed E-state index contributed by atoms with van der Waals surface area (Å²) in [6, 6.07) is 70.5. The highest BCUT2D eigenvalue weighted by molar-refractivity contribution is 5.95. The monoisotopic (exact) mass is 1750 g/mol. The Kier molecular flexibility index (Phi) is 43.2. The third-order valence-electron chi connectivity index (χ3n) is 22.4. The van der Waals surface area contributed by atoms with E-state index >= 15 is 43.2 Å². The lowest BCUT2D eigenvalue weighted by Crippen LogP contribution is -2.53. The first-order valence-corrected chi connectivity index (χ1v) is 44.2. The number of carbonyl (C=O) groups excluding carboxylic acids is 12. The molecule has 128 heavy (non-hydrogen) atoms. The van der Waals surface area contributed by atoms with Crippen molar-refractivity contribution < 1.29 is 57.5 Å². The van der Waals surface area contributed by atoms with Gasteiger partial charge >= 0.3 is 0 Å². The van der Waals surface area contributed by atoms with E-state index in [0.717, 1.165) is 24.0 Å². The highest BCUT2D eigenvalue weighted by Crippen LogP contribution is 2.27. The number of benzene rings is 8. The van der Waals surface area contributed by atoms with Crippen molar-refractivity contribution in [3.63, 3.8) is 0 Å². The molecule has 0 heterocycles. The van der Waals surface area contributed by atoms with Crippen LogP contribution in [0.3, 0.4) is 0 Å². The van der Waals surface area contributed by atoms with Gasteiger partial charge in [0, 0.05) is 52.4 Å². The second-order valence-electron chi connectivity index (χ2n) is 32.1. The van der Waals surface area contributed by atoms with Crippen LogP contribution in [0.4, 0.5) is 0 Å². The van der Waals surface area contributed by atoms with E-state index in [1.165, 1.54) is 53.9 Å². The van der Waals surface area contributed by atoms with E-state index in [2.05, 4.69) is 5.32 Å². The predicted octanol–water partition coefficient (Wildman–Crippen LogP) is 7.42. The van der Waals surface area contributed by atoms with Gasteiger partial charge < -0.3 is 87.9 Å². The highest BCUT2D eigenvalue weighted by Gasteiger charge is 2.36. The number of hydrogen-bond donors (Lipinski definition) is 6. The van der Waals surface area contributed by atoms with Crippen LogP contribution in [0.1, 0.15) is 135 Å². The molecule has 0 aliphatic carbocycles. The summed E-state index contributed by atoms with van der Waals surface area (Å²) in [5.74, 6) is -7.27. The summed E-state index contributed by atoms with van der Waals surface area (Å²) in [6.07, 6.45) is 3.95. The van der Waals surface area contributed by atoms with E-state index in [-0.39, 0.29) is 84.4 Å². The van der Waals surface area contributed by atoms with Gasteiger partial charge in [0.05, 0.1) is 50.8 Å². The highest BCUT2D eigenvalue weighted by atomic mass is 16.2. The number of amides is 12. The van der Waals surface area contributed by atoms with Crippen LogP contribution in [0.25, 0.3) is 0 Å². The lowest BCUT2D eigenvalue weighted by molar-refractivity contribution is -0.150. The molecule has 8 aromatic rings. The van der Waals surface area contributed by atoms with Crippen LogP contribution < -0.4 is 34.0 Å². The van der Waals surface area contributed by atoms with Crippen LogP contribution in [0.15, 0.2) is 243 Å². The molecule has 0 aliphatic rings. The molecule has 0 saturated carbocycles. The molecule has 682 valence electrons. The maximum absolute atomic E-state index is 15.6. The average molecular weight is 1750 g/mol. The molecule has 0 aromatic heterocycles. The Hall–Kier alpha value is -12.8. The van der Waals surface area contributed by atoms with Crippen molar-refractivity contribution in [2.45, 2.75) is 123 Å². The number of nitrogens with zero attached hydrogens (tertiary/aromatic N) is 11. The molecule has 0 unspecified atom stereocenters. The first-order chi connectivity index (χ1) is 62.0. The summed E-state index contributed by atoms with van der Waals surface area (Å²) < 4.78 is 0. The van der Waals surface area contributed by atoms with Gasteiger partial charge in [0.2, 0.25) is 70.9 Å². The van der Waals surface area contributed by atoms with E-state index in [1.807, 2.05) is 110 Å². The molecular formula is C99H129N17O12. The van der Waals surface area contributed by atoms with Gasteiger partial charge in [-0.25, -0.2) is 0 Å². The Balaban J connectivity index is 1.07. The SMILES string of the molecule is C[C@@H](c1ccccc1)N(CC(N)=O)C(=O)CN(Cc1ccccc1)C(=O)CN(CCCCN)C(=O)CN(Cc1ccccc1)C(=O)CN(Cc1ccccc1)C(=O)CN(CCCCN)C(=O)CN(Cc1ccccc1)C(=O)CN(Cc1ccccc1)C(=O)CN(CCCCN)C(=O)CN(C(=O)CN(C(=O)CNCCCCN)[C@@H](C)c1ccccc1)[C@@H](C)c1ccccc1. The van der Waals surface area contributed by atoms with E-state index < -0.39 is 155 Å². The normalized spacial score (nSPS) is 11.7. The van der Waals surface area contributed by atoms with Crippen LogP contribution in [0, 0.1) is 0 Å². The number of rotatable bonds is 56. The predicted molar refractivity (Wildman–Crippen MR) is 494 cm³/mol. The minimum absolute atomic E-state index is 0.0125. The number of nitrogens with one attached hydrogen (secondary N) is 1. The average Bonchev–Trinajstić information content (AvgIpc) is 0.826. The molecule has 3 atom stereocenters. The molecule has 0 spiro atoms. The molecule has 0 saturated heterocycles. The third-order valence-corrected chi connectivity index (χ3v) is 22.4. The van der Waals surface area contributed by atoms with Gasteiger partial charge in [0.15, 0.2) is 0 Å². The maximum atomic E-state index is 15.6. The number of carbonyl (C=O) groups is 12. The summed E-state index contributed by atoms with van der Waals surface area (Å²) in [7, 11) is 0. The fourth-order valence-corrected chi connectivity index (χ4v) is 14.9. The number of hydrogen-bond acceptors (Lipinski definition) is 17. The van der Waals surface area contributed by atoms with Crippen LogP contribution in [-0.2, 0) is 90.3 Å². The molecule has 8 aromatic carbocycles. The van der Waals surface area contributed by atoms with Crippen LogP contribution in [0.5, 0.6) is 0 Å². The fraction of sp³-hybridized carbons (Fsp3) is 0.394. The van der Waals surface area contributed by atoms with Crippen molar-refractivity contribution >= 4 is 70.9 Å². The number of unbranched alkanes of at least 4 members (excludes halogenated alkanes) is 4. The summed E-state index contributed by atoms with van der Waals surface area (Å²) >= 11 is 0. The lowest BCUT2D eigenvalue weighted by Gasteiger charge is -2.36. The van der Waals surface area contributed by atoms with Gasteiger partial charge in [0.1, 0.15) is 45.8 Å². The Bertz CT molecular complexity index is 4750. The quantitative estimate of drug-likeness (QED) is 0.0202. The zero-order valence-electron chi connectivity index (χ0n) is 74.4. The van der Waals surface area contributed by atoms with Crippen molar-refractivity contribution in [2.24, 2.45) is 28.7 Å². The minimum Gasteiger partial charge on any atom is -0.368 e. The molecule has 0 bridgehead atoms. The minimum atomic E-state index is -0.760. The number of nitrogens with two attached hydrogens (primary N) is 5. The van der Waals surface area contributed by atoms with Crippen molar-refractivity contribution in [1.82, 2.24) is 59.2 Å². The van der Waals surface area contributed by atoms with Gasteiger partial charge in [-0.05, 0) is 149 Å². The third kappa shape index (κ3) is 33.8. The standard InChI is InChI=1S/C99H129N17O12/c1-77(85-46-22-9-23-47-85)114(66-88(104)117)98(127)74-113(65-84-44-20-8-21-45-84)94(123)68-107(58-34-30-54-102)91(120)71-110(62-81-38-14-5-15-39-81)95(124)72-111(63-82-40-16-6-17-41-82)92(121)67-106(57-33-29-53-101)90(119)70-109(61-80-36-12-4-13-37-80)96(125)73-112(64-83-42-18-7-19-43-83)93(122)69-108(59-35-31-55-103)97(126)75-116(79(3)87-50-26-11-27-51-87)99(128)76-115(78(2)86-48-24-10-25-49-86)89(118)60-105-56-32-28-52-100/h4-27,36-51,77-79,105H,28-35,52-76,100-103H2,1-3H3,(H2,104,117)/t77-,78-,79-/m0/s1. The smallest absolute Gasteiger partial charge is 0.243 e. The van der Waals surface area contributed by atoms with Crippen molar-refractivity contribution in [3.8, 4) is 0 Å². The largest absolute Gasteiger partial charge is 0.368 e. The van der Waals surface area contributed by atoms with Gasteiger partial charge in [-0.3, -0.25) is 57.5 Å². The molecule has 29 nitrogen and oxygen atoms in total. The molecule has 11 N–H and O–H groups in total. The lowest BCUT2D eigenvalue weighted by atomic mass is 10.1. The Labute approximate surface area is 753 Å². The van der Waals surface area contributed by atoms with Crippen molar-refractivity contribution in [2.75, 3.05) is 131 Å². The fourth-order valence-electron chi connectivity index (χ4n) is 14.9. The Morgan fingerprint density at radius 3 is 0.711 bits per heavy atom. The molecule has 0 aliphatic heterocycles. The first kappa shape index (κ1) is 101. The van der Waals surface area contributed by atoms with Crippen molar-refractivity contribution in [3.05, 3.63) is 287 Å². The second kappa shape index (κ2) is 54.9. The maximum Gasteiger partial charge on any atom is 0.243 e. The zero-order chi connectivity index (χ0) is 92.0. The molecule has 29 heteroatoms. The molecule has 8 rings (SSSR count). The van der Waals surface area contributed by atoms with Gasteiger partial charge in [-0.15, -0.1) is 0 Å². The second-order valence-corrected chi connectivity index (χ2v) is 32.1. The summed E-state index contributed by atoms with van der Waals surface area (Å²) in [5.41, 5.74) is 35.1. The van der Waals surface area contributed by atoms with E-state index in [1.54, 1.807) is 153 Å². The summed E-state index contributed by atoms with van der Waals surface area (Å²) in [4.78, 5) is 195. The Morgan fingerprint density at radius 2 is 0.445 bits per heavy atom. The molecule has 0 radical (unpaired) electrons. The number of primary amides is 1. The van der Waals surface area contributed by atoms with Crippen molar-refractivity contribution in [1.29, 1.82) is 0 Å². The molecular weight excluding hydrogens is 1620 g/mol. The summed E-state index contributed by atoms with van der Waals surface area (Å²) in [5, 5.41) is 3.21. The molecule has 0 fully saturated rings.